The number of ether oxygens (including phenoxy) is 1. The Morgan fingerprint density at radius 1 is 1.75 bits per heavy atom. The summed E-state index contributed by atoms with van der Waals surface area (Å²) >= 11 is 0. The Hall–Kier alpha value is -0.0800. The monoisotopic (exact) mass is 116 g/mol. The Morgan fingerprint density at radius 3 is 2.50 bits per heavy atom. The highest BCUT2D eigenvalue weighted by atomic mass is 16.5. The summed E-state index contributed by atoms with van der Waals surface area (Å²) in [5.41, 5.74) is -0.569. The minimum Gasteiger partial charge on any atom is -0.387 e. The molecule has 2 heteroatoms. The second kappa shape index (κ2) is 1.71. The van der Waals surface area contributed by atoms with Gasteiger partial charge in [-0.25, -0.2) is 0 Å². The third-order valence-corrected chi connectivity index (χ3v) is 1.82. The normalized spacial score (nSPS) is 47.6. The summed E-state index contributed by atoms with van der Waals surface area (Å²) in [5, 5.41) is 9.34. The van der Waals surface area contributed by atoms with Crippen molar-refractivity contribution in [1.29, 1.82) is 0 Å². The molecule has 0 aromatic heterocycles. The molecule has 1 N–H and O–H groups in total. The number of rotatable bonds is 0. The Bertz CT molecular complexity index is 88.5. The Balaban J connectivity index is 2.54. The van der Waals surface area contributed by atoms with Crippen LogP contribution in [-0.2, 0) is 4.74 Å². The van der Waals surface area contributed by atoms with Crippen LogP contribution in [-0.4, -0.2) is 23.9 Å². The van der Waals surface area contributed by atoms with Gasteiger partial charge in [0.2, 0.25) is 0 Å². The molecule has 1 rings (SSSR count). The molecule has 0 radical (unpaired) electrons. The lowest BCUT2D eigenvalue weighted by Gasteiger charge is -2.18. The molecule has 0 bridgehead atoms. The van der Waals surface area contributed by atoms with Crippen molar-refractivity contribution in [3.63, 3.8) is 0 Å². The first kappa shape index (κ1) is 6.05. The molecule has 1 aliphatic rings. The summed E-state index contributed by atoms with van der Waals surface area (Å²) < 4.78 is 5.02. The Kier molecular flexibility index (Phi) is 1.29. The van der Waals surface area contributed by atoms with Crippen molar-refractivity contribution in [1.82, 2.24) is 0 Å². The molecule has 8 heavy (non-hydrogen) atoms. The first-order valence-corrected chi connectivity index (χ1v) is 2.93. The SMILES string of the molecule is CC1COC[C@]1(C)O. The molecule has 2 nitrogen and oxygen atoms in total. The molecule has 1 unspecified atom stereocenters. The maximum atomic E-state index is 9.34. The summed E-state index contributed by atoms with van der Waals surface area (Å²) in [5.74, 6) is 0.294. The highest BCUT2D eigenvalue weighted by Gasteiger charge is 2.34. The number of hydrogen-bond donors (Lipinski definition) is 1. The van der Waals surface area contributed by atoms with E-state index in [1.165, 1.54) is 0 Å². The average molecular weight is 116 g/mol. The summed E-state index contributed by atoms with van der Waals surface area (Å²) in [6.07, 6.45) is 0. The predicted octanol–water partition coefficient (Wildman–Crippen LogP) is 0.404. The zero-order valence-electron chi connectivity index (χ0n) is 5.35. The quantitative estimate of drug-likeness (QED) is 0.496. The lowest BCUT2D eigenvalue weighted by atomic mass is 9.95. The fraction of sp³-hybridized carbons (Fsp3) is 1.00. The lowest BCUT2D eigenvalue weighted by molar-refractivity contribution is 0.0233. The Morgan fingerprint density at radius 2 is 2.38 bits per heavy atom. The molecule has 0 spiro atoms. The van der Waals surface area contributed by atoms with Crippen LogP contribution < -0.4 is 0 Å². The van der Waals surface area contributed by atoms with E-state index in [1.807, 2.05) is 13.8 Å². The van der Waals surface area contributed by atoms with E-state index in [0.717, 1.165) is 0 Å². The number of aliphatic hydroxyl groups is 1. The third-order valence-electron chi connectivity index (χ3n) is 1.82. The molecule has 0 aliphatic carbocycles. The molecule has 0 aromatic carbocycles. The predicted molar refractivity (Wildman–Crippen MR) is 30.6 cm³/mol. The van der Waals surface area contributed by atoms with Gasteiger partial charge in [-0.05, 0) is 6.92 Å². The van der Waals surface area contributed by atoms with Gasteiger partial charge in [0.05, 0.1) is 18.8 Å². The molecule has 0 aromatic rings. The van der Waals surface area contributed by atoms with Gasteiger partial charge in [0.15, 0.2) is 0 Å². The van der Waals surface area contributed by atoms with Gasteiger partial charge in [0, 0.05) is 5.92 Å². The van der Waals surface area contributed by atoms with Crippen molar-refractivity contribution in [3.05, 3.63) is 0 Å². The van der Waals surface area contributed by atoms with E-state index in [9.17, 15) is 5.11 Å². The molecule has 1 fully saturated rings. The second-order valence-electron chi connectivity index (χ2n) is 2.77. The van der Waals surface area contributed by atoms with E-state index < -0.39 is 5.60 Å². The largest absolute Gasteiger partial charge is 0.387 e. The topological polar surface area (TPSA) is 29.5 Å². The fourth-order valence-corrected chi connectivity index (χ4v) is 0.764. The molecule has 1 saturated heterocycles. The van der Waals surface area contributed by atoms with Crippen LogP contribution >= 0.6 is 0 Å². The summed E-state index contributed by atoms with van der Waals surface area (Å²) in [6.45, 7) is 5.00. The first-order valence-electron chi connectivity index (χ1n) is 2.93. The van der Waals surface area contributed by atoms with E-state index in [1.54, 1.807) is 0 Å². The molecule has 1 aliphatic heterocycles. The number of hydrogen-bond acceptors (Lipinski definition) is 2. The second-order valence-corrected chi connectivity index (χ2v) is 2.77. The van der Waals surface area contributed by atoms with Gasteiger partial charge in [-0.15, -0.1) is 0 Å². The van der Waals surface area contributed by atoms with Crippen LogP contribution in [0.25, 0.3) is 0 Å². The van der Waals surface area contributed by atoms with E-state index >= 15 is 0 Å². The van der Waals surface area contributed by atoms with E-state index in [4.69, 9.17) is 4.74 Å². The van der Waals surface area contributed by atoms with Crippen molar-refractivity contribution < 1.29 is 9.84 Å². The van der Waals surface area contributed by atoms with Crippen LogP contribution in [0.15, 0.2) is 0 Å². The average Bonchev–Trinajstić information content (AvgIpc) is 1.86. The standard InChI is InChI=1S/C6H12O2/c1-5-3-8-4-6(5,2)7/h5,7H,3-4H2,1-2H3/t5?,6-/m0/s1. The van der Waals surface area contributed by atoms with Gasteiger partial charge in [-0.1, -0.05) is 6.92 Å². The maximum absolute atomic E-state index is 9.34. The van der Waals surface area contributed by atoms with Gasteiger partial charge >= 0.3 is 0 Å². The van der Waals surface area contributed by atoms with Gasteiger partial charge in [0.1, 0.15) is 0 Å². The van der Waals surface area contributed by atoms with Crippen LogP contribution in [0.1, 0.15) is 13.8 Å². The van der Waals surface area contributed by atoms with Crippen LogP contribution in [0.5, 0.6) is 0 Å². The zero-order chi connectivity index (χ0) is 6.20. The highest BCUT2D eigenvalue weighted by molar-refractivity contribution is 4.83. The fourth-order valence-electron chi connectivity index (χ4n) is 0.764. The molecule has 48 valence electrons. The van der Waals surface area contributed by atoms with Crippen molar-refractivity contribution in [2.45, 2.75) is 19.4 Å². The smallest absolute Gasteiger partial charge is 0.0899 e. The summed E-state index contributed by atoms with van der Waals surface area (Å²) in [4.78, 5) is 0. The summed E-state index contributed by atoms with van der Waals surface area (Å²) in [6, 6.07) is 0. The molecule has 0 amide bonds. The molecular formula is C6H12O2. The zero-order valence-corrected chi connectivity index (χ0v) is 5.35. The van der Waals surface area contributed by atoms with E-state index in [2.05, 4.69) is 0 Å². The van der Waals surface area contributed by atoms with E-state index in [-0.39, 0.29) is 0 Å². The first-order chi connectivity index (χ1) is 3.63. The van der Waals surface area contributed by atoms with Crippen LogP contribution in [0, 0.1) is 5.92 Å². The van der Waals surface area contributed by atoms with Gasteiger partial charge < -0.3 is 9.84 Å². The molecule has 1 heterocycles. The molecular weight excluding hydrogens is 104 g/mol. The van der Waals surface area contributed by atoms with Gasteiger partial charge in [-0.3, -0.25) is 0 Å². The minimum atomic E-state index is -0.569. The van der Waals surface area contributed by atoms with Crippen LogP contribution in [0.2, 0.25) is 0 Å². The van der Waals surface area contributed by atoms with Crippen molar-refractivity contribution in [2.24, 2.45) is 5.92 Å². The maximum Gasteiger partial charge on any atom is 0.0899 e. The van der Waals surface area contributed by atoms with Crippen molar-refractivity contribution in [3.8, 4) is 0 Å². The summed E-state index contributed by atoms with van der Waals surface area (Å²) in [7, 11) is 0. The highest BCUT2D eigenvalue weighted by Crippen LogP contribution is 2.23. The molecule has 2 atom stereocenters. The third kappa shape index (κ3) is 0.858. The van der Waals surface area contributed by atoms with Crippen molar-refractivity contribution in [2.75, 3.05) is 13.2 Å². The Labute approximate surface area is 49.5 Å². The van der Waals surface area contributed by atoms with Crippen LogP contribution in [0.3, 0.4) is 0 Å². The van der Waals surface area contributed by atoms with Crippen LogP contribution in [0.4, 0.5) is 0 Å². The van der Waals surface area contributed by atoms with E-state index in [0.29, 0.717) is 19.1 Å². The minimum absolute atomic E-state index is 0.294. The lowest BCUT2D eigenvalue weighted by Crippen LogP contribution is -2.30. The van der Waals surface area contributed by atoms with Gasteiger partial charge in [0.25, 0.3) is 0 Å². The van der Waals surface area contributed by atoms with Crippen molar-refractivity contribution >= 4 is 0 Å². The van der Waals surface area contributed by atoms with Gasteiger partial charge in [-0.2, -0.15) is 0 Å². The molecule has 0 saturated carbocycles.